The van der Waals surface area contributed by atoms with Crippen LogP contribution in [0.2, 0.25) is 0 Å². The summed E-state index contributed by atoms with van der Waals surface area (Å²) in [4.78, 5) is 0. The van der Waals surface area contributed by atoms with Crippen LogP contribution in [0.5, 0.6) is 0 Å². The quantitative estimate of drug-likeness (QED) is 0.770. The first-order chi connectivity index (χ1) is 6.84. The molecule has 14 heavy (non-hydrogen) atoms. The van der Waals surface area contributed by atoms with Gasteiger partial charge in [-0.05, 0) is 31.0 Å². The van der Waals surface area contributed by atoms with Crippen LogP contribution in [0.25, 0.3) is 11.0 Å². The van der Waals surface area contributed by atoms with Crippen molar-refractivity contribution in [2.45, 2.75) is 25.2 Å². The van der Waals surface area contributed by atoms with Crippen molar-refractivity contribution in [2.75, 3.05) is 0 Å². The number of nitrogens with zero attached hydrogens (tertiary/aromatic N) is 1. The van der Waals surface area contributed by atoms with E-state index in [1.165, 1.54) is 24.6 Å². The van der Waals surface area contributed by atoms with E-state index in [9.17, 15) is 0 Å². The third kappa shape index (κ3) is 1.19. The predicted molar refractivity (Wildman–Crippen MR) is 58.3 cm³/mol. The smallest absolute Gasteiger partial charge is 0.167 e. The largest absolute Gasteiger partial charge is 0.356 e. The van der Waals surface area contributed by atoms with E-state index in [0.29, 0.717) is 5.92 Å². The Morgan fingerprint density at radius 1 is 1.36 bits per heavy atom. The molecule has 0 aliphatic heterocycles. The molecular formula is C11H10BrNO. The van der Waals surface area contributed by atoms with Crippen molar-refractivity contribution >= 4 is 26.9 Å². The summed E-state index contributed by atoms with van der Waals surface area (Å²) < 4.78 is 6.38. The molecular weight excluding hydrogens is 242 g/mol. The van der Waals surface area contributed by atoms with Crippen molar-refractivity contribution in [3.8, 4) is 0 Å². The van der Waals surface area contributed by atoms with Crippen LogP contribution in [0.1, 0.15) is 30.9 Å². The molecule has 0 atom stereocenters. The van der Waals surface area contributed by atoms with Gasteiger partial charge < -0.3 is 4.52 Å². The second kappa shape index (κ2) is 3.09. The molecule has 0 unspecified atom stereocenters. The Morgan fingerprint density at radius 2 is 2.21 bits per heavy atom. The molecule has 2 nitrogen and oxygen atoms in total. The minimum absolute atomic E-state index is 0.630. The number of fused-ring (bicyclic) bond motifs is 1. The summed E-state index contributed by atoms with van der Waals surface area (Å²) >= 11 is 3.47. The van der Waals surface area contributed by atoms with Crippen LogP contribution in [-0.4, -0.2) is 5.16 Å². The highest BCUT2D eigenvalue weighted by Gasteiger charge is 2.24. The molecule has 0 bridgehead atoms. The second-order valence-electron chi connectivity index (χ2n) is 3.84. The molecule has 1 heterocycles. The fraction of sp³-hybridized carbons (Fsp3) is 0.364. The number of benzene rings is 1. The maximum Gasteiger partial charge on any atom is 0.167 e. The summed E-state index contributed by atoms with van der Waals surface area (Å²) in [5.74, 6) is 0.630. The molecule has 2 aromatic rings. The van der Waals surface area contributed by atoms with Gasteiger partial charge in [0.25, 0.3) is 0 Å². The Bertz CT molecular complexity index is 473. The van der Waals surface area contributed by atoms with E-state index < -0.39 is 0 Å². The molecule has 72 valence electrons. The van der Waals surface area contributed by atoms with Crippen LogP contribution in [0, 0.1) is 0 Å². The van der Waals surface area contributed by atoms with E-state index in [-0.39, 0.29) is 0 Å². The van der Waals surface area contributed by atoms with Gasteiger partial charge in [-0.15, -0.1) is 0 Å². The lowest BCUT2D eigenvalue weighted by molar-refractivity contribution is 0.375. The van der Waals surface area contributed by atoms with Crippen LogP contribution in [0.15, 0.2) is 27.2 Å². The molecule has 3 rings (SSSR count). The highest BCUT2D eigenvalue weighted by Crippen LogP contribution is 2.39. The molecule has 0 radical (unpaired) electrons. The summed E-state index contributed by atoms with van der Waals surface area (Å²) in [5, 5.41) is 5.33. The SMILES string of the molecule is Brc1ccc2onc(C3CCC3)c2c1. The number of aromatic nitrogens is 1. The average molecular weight is 252 g/mol. The van der Waals surface area contributed by atoms with Crippen LogP contribution in [0.4, 0.5) is 0 Å². The number of hydrogen-bond acceptors (Lipinski definition) is 2. The van der Waals surface area contributed by atoms with Crippen molar-refractivity contribution in [1.29, 1.82) is 0 Å². The second-order valence-corrected chi connectivity index (χ2v) is 4.75. The molecule has 3 heteroatoms. The fourth-order valence-corrected chi connectivity index (χ4v) is 2.27. The summed E-state index contributed by atoms with van der Waals surface area (Å²) in [6.45, 7) is 0. The van der Waals surface area contributed by atoms with E-state index in [0.717, 1.165) is 15.7 Å². The van der Waals surface area contributed by atoms with Crippen molar-refractivity contribution in [2.24, 2.45) is 0 Å². The van der Waals surface area contributed by atoms with Crippen molar-refractivity contribution in [3.05, 3.63) is 28.4 Å². The summed E-state index contributed by atoms with van der Waals surface area (Å²) in [7, 11) is 0. The Kier molecular flexibility index (Phi) is 1.87. The normalized spacial score (nSPS) is 17.2. The van der Waals surface area contributed by atoms with Gasteiger partial charge in [0.05, 0.1) is 5.69 Å². The number of rotatable bonds is 1. The standard InChI is InChI=1S/C11H10BrNO/c12-8-4-5-10-9(6-8)11(13-14-10)7-2-1-3-7/h4-7H,1-3H2. The van der Waals surface area contributed by atoms with Crippen molar-refractivity contribution < 1.29 is 4.52 Å². The molecule has 0 saturated heterocycles. The summed E-state index contributed by atoms with van der Waals surface area (Å²) in [6.07, 6.45) is 3.84. The lowest BCUT2D eigenvalue weighted by atomic mass is 9.82. The molecule has 1 aliphatic carbocycles. The Balaban J connectivity index is 2.18. The number of halogens is 1. The monoisotopic (exact) mass is 251 g/mol. The lowest BCUT2D eigenvalue weighted by Gasteiger charge is -2.22. The Labute approximate surface area is 90.4 Å². The predicted octanol–water partition coefficient (Wildman–Crippen LogP) is 3.86. The van der Waals surface area contributed by atoms with Gasteiger partial charge in [0.1, 0.15) is 0 Å². The Hall–Kier alpha value is -0.830. The summed E-state index contributed by atoms with van der Waals surface area (Å²) in [6, 6.07) is 6.05. The van der Waals surface area contributed by atoms with E-state index >= 15 is 0 Å². The van der Waals surface area contributed by atoms with E-state index in [1.54, 1.807) is 0 Å². The first-order valence-corrected chi connectivity index (χ1v) is 5.69. The maximum atomic E-state index is 5.29. The average Bonchev–Trinajstić information content (AvgIpc) is 2.46. The van der Waals surface area contributed by atoms with Crippen LogP contribution >= 0.6 is 15.9 Å². The fourth-order valence-electron chi connectivity index (χ4n) is 1.91. The lowest BCUT2D eigenvalue weighted by Crippen LogP contribution is -2.09. The minimum Gasteiger partial charge on any atom is -0.356 e. The van der Waals surface area contributed by atoms with Crippen LogP contribution < -0.4 is 0 Å². The molecule has 1 saturated carbocycles. The van der Waals surface area contributed by atoms with E-state index in [1.807, 2.05) is 12.1 Å². The minimum atomic E-state index is 0.630. The number of hydrogen-bond donors (Lipinski definition) is 0. The first kappa shape index (κ1) is 8.48. The van der Waals surface area contributed by atoms with Gasteiger partial charge in [0.15, 0.2) is 5.58 Å². The molecule has 0 amide bonds. The Morgan fingerprint density at radius 3 is 2.93 bits per heavy atom. The zero-order chi connectivity index (χ0) is 9.54. The highest BCUT2D eigenvalue weighted by atomic mass is 79.9. The van der Waals surface area contributed by atoms with Crippen LogP contribution in [0.3, 0.4) is 0 Å². The van der Waals surface area contributed by atoms with Gasteiger partial charge in [-0.3, -0.25) is 0 Å². The maximum absolute atomic E-state index is 5.29. The van der Waals surface area contributed by atoms with Gasteiger partial charge in [0, 0.05) is 15.8 Å². The molecule has 1 aliphatic rings. The highest BCUT2D eigenvalue weighted by molar-refractivity contribution is 9.10. The third-order valence-electron chi connectivity index (χ3n) is 2.95. The molecule has 0 N–H and O–H groups in total. The van der Waals surface area contributed by atoms with Crippen molar-refractivity contribution in [3.63, 3.8) is 0 Å². The van der Waals surface area contributed by atoms with Gasteiger partial charge in [-0.25, -0.2) is 0 Å². The van der Waals surface area contributed by atoms with E-state index in [2.05, 4.69) is 27.2 Å². The third-order valence-corrected chi connectivity index (χ3v) is 3.45. The van der Waals surface area contributed by atoms with E-state index in [4.69, 9.17) is 4.52 Å². The first-order valence-electron chi connectivity index (χ1n) is 4.89. The van der Waals surface area contributed by atoms with Crippen molar-refractivity contribution in [1.82, 2.24) is 5.16 Å². The zero-order valence-corrected chi connectivity index (χ0v) is 9.25. The van der Waals surface area contributed by atoms with Gasteiger partial charge >= 0.3 is 0 Å². The topological polar surface area (TPSA) is 26.0 Å². The molecule has 1 aromatic heterocycles. The van der Waals surface area contributed by atoms with Gasteiger partial charge in [-0.1, -0.05) is 27.5 Å². The van der Waals surface area contributed by atoms with Gasteiger partial charge in [0.2, 0.25) is 0 Å². The molecule has 1 fully saturated rings. The summed E-state index contributed by atoms with van der Waals surface area (Å²) in [5.41, 5.74) is 2.04. The van der Waals surface area contributed by atoms with Crippen LogP contribution in [-0.2, 0) is 0 Å². The van der Waals surface area contributed by atoms with Gasteiger partial charge in [-0.2, -0.15) is 0 Å². The zero-order valence-electron chi connectivity index (χ0n) is 7.66. The molecule has 0 spiro atoms. The molecule has 1 aromatic carbocycles.